The van der Waals surface area contributed by atoms with Crippen molar-refractivity contribution < 1.29 is 9.53 Å². The van der Waals surface area contributed by atoms with Gasteiger partial charge in [-0.15, -0.1) is 0 Å². The van der Waals surface area contributed by atoms with Crippen LogP contribution in [0.2, 0.25) is 5.02 Å². The van der Waals surface area contributed by atoms with Gasteiger partial charge in [-0.3, -0.25) is 4.90 Å². The Bertz CT molecular complexity index is 1000. The monoisotopic (exact) mass is 418 g/mol. The van der Waals surface area contributed by atoms with E-state index < -0.39 is 0 Å². The summed E-state index contributed by atoms with van der Waals surface area (Å²) in [6, 6.07) is 27.3. The summed E-state index contributed by atoms with van der Waals surface area (Å²) >= 11 is 5.97. The highest BCUT2D eigenvalue weighted by Gasteiger charge is 2.34. The number of carbonyl (C=O) groups excluding carboxylic acids is 1. The molecule has 1 unspecified atom stereocenters. The largest absolute Gasteiger partial charge is 0.478 e. The number of benzene rings is 3. The zero-order valence-electron chi connectivity index (χ0n) is 16.6. The summed E-state index contributed by atoms with van der Waals surface area (Å²) in [5, 5.41) is 0.671. The number of hydrogen-bond donors (Lipinski definition) is 0. The topological polar surface area (TPSA) is 32.8 Å². The second-order valence-electron chi connectivity index (χ2n) is 7.25. The van der Waals surface area contributed by atoms with E-state index in [-0.39, 0.29) is 6.04 Å². The van der Waals surface area contributed by atoms with Crippen LogP contribution in [-0.4, -0.2) is 35.6 Å². The summed E-state index contributed by atoms with van der Waals surface area (Å²) in [4.78, 5) is 16.4. The first-order chi connectivity index (χ1) is 14.7. The highest BCUT2D eigenvalue weighted by Crippen LogP contribution is 2.33. The van der Waals surface area contributed by atoms with Crippen LogP contribution in [0.15, 0.2) is 90.6 Å². The van der Waals surface area contributed by atoms with Gasteiger partial charge in [0.15, 0.2) is 0 Å². The van der Waals surface area contributed by atoms with Crippen LogP contribution in [0.3, 0.4) is 0 Å². The molecule has 1 saturated heterocycles. The lowest BCUT2D eigenvalue weighted by Gasteiger charge is -2.42. The van der Waals surface area contributed by atoms with Gasteiger partial charge in [-0.1, -0.05) is 72.3 Å². The maximum Gasteiger partial charge on any atom is 0.147 e. The van der Waals surface area contributed by atoms with Gasteiger partial charge in [0.2, 0.25) is 0 Å². The Labute approximate surface area is 182 Å². The Hall–Kier alpha value is -3.04. The van der Waals surface area contributed by atoms with Crippen molar-refractivity contribution in [2.24, 2.45) is 0 Å². The van der Waals surface area contributed by atoms with Crippen LogP contribution in [0.25, 0.3) is 0 Å². The molecule has 1 fully saturated rings. The van der Waals surface area contributed by atoms with E-state index in [0.29, 0.717) is 24.0 Å². The maximum atomic E-state index is 12.1. The number of nitrogens with zero attached hydrogens (tertiary/aromatic N) is 2. The second kappa shape index (κ2) is 9.64. The smallest absolute Gasteiger partial charge is 0.147 e. The molecule has 4 nitrogen and oxygen atoms in total. The van der Waals surface area contributed by atoms with E-state index in [4.69, 9.17) is 16.3 Å². The van der Waals surface area contributed by atoms with Crippen LogP contribution in [0.4, 0.5) is 0 Å². The molecule has 3 aromatic rings. The second-order valence-corrected chi connectivity index (χ2v) is 7.68. The minimum Gasteiger partial charge on any atom is -0.478 e. The lowest BCUT2D eigenvalue weighted by molar-refractivity contribution is 0.0471. The van der Waals surface area contributed by atoms with Gasteiger partial charge in [-0.2, -0.15) is 0 Å². The van der Waals surface area contributed by atoms with Crippen molar-refractivity contribution in [2.45, 2.75) is 12.6 Å². The van der Waals surface area contributed by atoms with Gasteiger partial charge < -0.3 is 9.64 Å². The van der Waals surface area contributed by atoms with Crippen LogP contribution in [-0.2, 0) is 11.3 Å². The molecule has 0 bridgehead atoms. The molecule has 30 heavy (non-hydrogen) atoms. The van der Waals surface area contributed by atoms with Gasteiger partial charge in [0.25, 0.3) is 0 Å². The molecule has 0 N–H and O–H groups in total. The van der Waals surface area contributed by atoms with E-state index in [1.54, 1.807) is 12.1 Å². The molecule has 0 aromatic heterocycles. The first kappa shape index (κ1) is 20.2. The van der Waals surface area contributed by atoms with E-state index in [1.807, 2.05) is 60.7 Å². The molecule has 0 spiro atoms. The van der Waals surface area contributed by atoms with Crippen LogP contribution >= 0.6 is 11.6 Å². The molecule has 0 amide bonds. The molecule has 4 rings (SSSR count). The SMILES string of the molecule is O=C=C1C(c2ccccc2)N(COc2ccc(Cl)cc2)CCN1Cc1ccccc1. The third-order valence-corrected chi connectivity index (χ3v) is 5.52. The summed E-state index contributed by atoms with van der Waals surface area (Å²) < 4.78 is 6.00. The van der Waals surface area contributed by atoms with Crippen LogP contribution in [0.1, 0.15) is 17.2 Å². The van der Waals surface area contributed by atoms with Gasteiger partial charge in [-0.05, 0) is 35.4 Å². The van der Waals surface area contributed by atoms with Crippen molar-refractivity contribution in [3.63, 3.8) is 0 Å². The molecule has 1 atom stereocenters. The van der Waals surface area contributed by atoms with Gasteiger partial charge in [0.05, 0.1) is 6.04 Å². The summed E-state index contributed by atoms with van der Waals surface area (Å²) in [7, 11) is 0. The van der Waals surface area contributed by atoms with Crippen LogP contribution in [0.5, 0.6) is 5.75 Å². The third-order valence-electron chi connectivity index (χ3n) is 5.27. The van der Waals surface area contributed by atoms with Crippen molar-refractivity contribution in [1.29, 1.82) is 0 Å². The van der Waals surface area contributed by atoms with Crippen molar-refractivity contribution >= 4 is 17.5 Å². The van der Waals surface area contributed by atoms with Crippen LogP contribution in [0, 0.1) is 0 Å². The number of hydrogen-bond acceptors (Lipinski definition) is 4. The molecule has 5 heteroatoms. The van der Waals surface area contributed by atoms with Crippen molar-refractivity contribution in [2.75, 3.05) is 19.8 Å². The summed E-state index contributed by atoms with van der Waals surface area (Å²) in [6.07, 6.45) is 0. The van der Waals surface area contributed by atoms with E-state index in [9.17, 15) is 4.79 Å². The van der Waals surface area contributed by atoms with E-state index in [2.05, 4.69) is 27.9 Å². The Kier molecular flexibility index (Phi) is 6.50. The summed E-state index contributed by atoms with van der Waals surface area (Å²) in [5.74, 6) is 2.98. The fourth-order valence-electron chi connectivity index (χ4n) is 3.76. The standard InChI is InChI=1S/C25H23ClN2O2/c26-22-11-13-23(14-12-22)30-19-28-16-15-27(17-20-7-3-1-4-8-20)24(18-29)25(28)21-9-5-2-6-10-21/h1-14,25H,15-17,19H2. The minimum atomic E-state index is -0.214. The lowest BCUT2D eigenvalue weighted by atomic mass is 9.99. The number of halogens is 1. The molecule has 0 saturated carbocycles. The molecule has 1 aliphatic heterocycles. The van der Waals surface area contributed by atoms with Gasteiger partial charge in [0.1, 0.15) is 24.1 Å². The summed E-state index contributed by atoms with van der Waals surface area (Å²) in [5.41, 5.74) is 2.85. The van der Waals surface area contributed by atoms with Gasteiger partial charge in [-0.25, -0.2) is 4.79 Å². The van der Waals surface area contributed by atoms with Crippen molar-refractivity contribution in [3.8, 4) is 5.75 Å². The Morgan fingerprint density at radius 3 is 2.23 bits per heavy atom. The van der Waals surface area contributed by atoms with Gasteiger partial charge in [0, 0.05) is 24.7 Å². The normalized spacial score (nSPS) is 16.9. The van der Waals surface area contributed by atoms with Crippen LogP contribution < -0.4 is 4.74 Å². The molecule has 3 aromatic carbocycles. The average Bonchev–Trinajstić information content (AvgIpc) is 2.80. The zero-order valence-corrected chi connectivity index (χ0v) is 17.3. The highest BCUT2D eigenvalue weighted by atomic mass is 35.5. The predicted molar refractivity (Wildman–Crippen MR) is 119 cm³/mol. The number of piperazine rings is 1. The first-order valence-corrected chi connectivity index (χ1v) is 10.3. The third kappa shape index (κ3) is 4.74. The Morgan fingerprint density at radius 1 is 0.900 bits per heavy atom. The molecule has 0 aliphatic carbocycles. The van der Waals surface area contributed by atoms with Crippen molar-refractivity contribution in [1.82, 2.24) is 9.80 Å². The zero-order chi connectivity index (χ0) is 20.8. The lowest BCUT2D eigenvalue weighted by Crippen LogP contribution is -2.48. The average molecular weight is 419 g/mol. The molecule has 0 radical (unpaired) electrons. The summed E-state index contributed by atoms with van der Waals surface area (Å²) in [6.45, 7) is 2.55. The van der Waals surface area contributed by atoms with Gasteiger partial charge >= 0.3 is 0 Å². The fourth-order valence-corrected chi connectivity index (χ4v) is 3.89. The maximum absolute atomic E-state index is 12.1. The quantitative estimate of drug-likeness (QED) is 0.530. The molecule has 1 aliphatic rings. The highest BCUT2D eigenvalue weighted by molar-refractivity contribution is 6.30. The number of rotatable bonds is 6. The first-order valence-electron chi connectivity index (χ1n) is 9.96. The Morgan fingerprint density at radius 2 is 1.57 bits per heavy atom. The Balaban J connectivity index is 1.57. The van der Waals surface area contributed by atoms with E-state index >= 15 is 0 Å². The predicted octanol–water partition coefficient (Wildman–Crippen LogP) is 4.95. The fraction of sp³-hybridized carbons (Fsp3) is 0.200. The molecule has 152 valence electrons. The van der Waals surface area contributed by atoms with E-state index in [1.165, 1.54) is 5.56 Å². The molecular formula is C25H23ClN2O2. The number of ether oxygens (including phenoxy) is 1. The molecule has 1 heterocycles. The van der Waals surface area contributed by atoms with E-state index in [0.717, 1.165) is 24.4 Å². The minimum absolute atomic E-state index is 0.214. The molecular weight excluding hydrogens is 396 g/mol. The van der Waals surface area contributed by atoms with Crippen molar-refractivity contribution in [3.05, 3.63) is 107 Å².